The molecule has 0 unspecified atom stereocenters. The first kappa shape index (κ1) is 16.4. The maximum Gasteiger partial charge on any atom is 0.135 e. The minimum absolute atomic E-state index is 0.133. The smallest absolute Gasteiger partial charge is 0.135 e. The topological polar surface area (TPSA) is 54.9 Å². The fourth-order valence-electron chi connectivity index (χ4n) is 2.20. The van der Waals surface area contributed by atoms with Crippen LogP contribution in [0.1, 0.15) is 26.3 Å². The molecule has 1 aliphatic heterocycles. The van der Waals surface area contributed by atoms with Crippen LogP contribution in [0, 0.1) is 5.41 Å². The lowest BCUT2D eigenvalue weighted by Gasteiger charge is -2.27. The van der Waals surface area contributed by atoms with E-state index in [1.165, 1.54) is 5.57 Å². The van der Waals surface area contributed by atoms with E-state index in [-0.39, 0.29) is 5.41 Å². The zero-order chi connectivity index (χ0) is 16.2. The number of benzene rings is 1. The van der Waals surface area contributed by atoms with Crippen LogP contribution < -0.4 is 20.3 Å². The van der Waals surface area contributed by atoms with Gasteiger partial charge in [0.05, 0.1) is 20.8 Å². The number of aliphatic imine (C=N–C) groups is 1. The van der Waals surface area contributed by atoms with Crippen LogP contribution in [0.2, 0.25) is 0 Å². The molecule has 2 rings (SSSR count). The summed E-state index contributed by atoms with van der Waals surface area (Å²) in [5.74, 6) is 2.40. The molecule has 0 fully saturated rings. The summed E-state index contributed by atoms with van der Waals surface area (Å²) < 4.78 is 10.6. The van der Waals surface area contributed by atoms with Crippen molar-refractivity contribution in [1.82, 2.24) is 10.9 Å². The molecule has 5 heteroatoms. The largest absolute Gasteiger partial charge is 0.497 e. The number of nitrogens with one attached hydrogen (secondary N) is 2. The summed E-state index contributed by atoms with van der Waals surface area (Å²) in [5.41, 5.74) is 8.76. The SMILES string of the molecule is COc1ccc(CN=C2C=C(C(C)(C)C)CNN2)c(OC)c1. The second kappa shape index (κ2) is 6.83. The summed E-state index contributed by atoms with van der Waals surface area (Å²) in [6, 6.07) is 5.77. The van der Waals surface area contributed by atoms with Crippen LogP contribution in [0.25, 0.3) is 0 Å². The van der Waals surface area contributed by atoms with Gasteiger partial charge in [-0.2, -0.15) is 0 Å². The van der Waals surface area contributed by atoms with Crippen LogP contribution in [-0.2, 0) is 6.54 Å². The minimum atomic E-state index is 0.133. The first-order valence-corrected chi connectivity index (χ1v) is 7.39. The summed E-state index contributed by atoms with van der Waals surface area (Å²) in [7, 11) is 3.30. The summed E-state index contributed by atoms with van der Waals surface area (Å²) in [6.45, 7) is 7.99. The molecule has 0 atom stereocenters. The summed E-state index contributed by atoms with van der Waals surface area (Å²) in [5, 5.41) is 0. The molecule has 5 nitrogen and oxygen atoms in total. The second-order valence-electron chi connectivity index (χ2n) is 6.28. The highest BCUT2D eigenvalue weighted by molar-refractivity contribution is 5.94. The first-order valence-electron chi connectivity index (χ1n) is 7.39. The van der Waals surface area contributed by atoms with Crippen molar-refractivity contribution in [2.24, 2.45) is 10.4 Å². The molecular formula is C17H25N3O2. The van der Waals surface area contributed by atoms with Gasteiger partial charge in [-0.1, -0.05) is 20.8 Å². The van der Waals surface area contributed by atoms with Crippen LogP contribution >= 0.6 is 0 Å². The zero-order valence-electron chi connectivity index (χ0n) is 14.0. The predicted molar refractivity (Wildman–Crippen MR) is 89.4 cm³/mol. The Bertz CT molecular complexity index is 586. The van der Waals surface area contributed by atoms with Crippen LogP contribution in [0.4, 0.5) is 0 Å². The molecule has 0 bridgehead atoms. The standard InChI is InChI=1S/C17H25N3O2/c1-17(2,3)13-8-16(20-19-11-13)18-10-12-6-7-14(21-4)9-15(12)22-5/h6-9,19H,10-11H2,1-5H3,(H,18,20). The number of methoxy groups -OCH3 is 2. The minimum Gasteiger partial charge on any atom is -0.497 e. The first-order chi connectivity index (χ1) is 10.4. The maximum absolute atomic E-state index is 5.40. The number of hydrogen-bond donors (Lipinski definition) is 2. The fourth-order valence-corrected chi connectivity index (χ4v) is 2.20. The normalized spacial score (nSPS) is 17.0. The maximum atomic E-state index is 5.40. The van der Waals surface area contributed by atoms with Gasteiger partial charge in [-0.25, -0.2) is 5.43 Å². The Kier molecular flexibility index (Phi) is 5.08. The molecule has 0 radical (unpaired) electrons. The molecule has 120 valence electrons. The number of rotatable bonds is 4. The van der Waals surface area contributed by atoms with E-state index < -0.39 is 0 Å². The third-order valence-electron chi connectivity index (χ3n) is 3.68. The van der Waals surface area contributed by atoms with E-state index in [4.69, 9.17) is 9.47 Å². The van der Waals surface area contributed by atoms with Crippen molar-refractivity contribution in [1.29, 1.82) is 0 Å². The number of hydrazine groups is 1. The molecule has 1 aromatic rings. The molecular weight excluding hydrogens is 278 g/mol. The van der Waals surface area contributed by atoms with Gasteiger partial charge in [-0.3, -0.25) is 4.99 Å². The molecule has 1 heterocycles. The van der Waals surface area contributed by atoms with Crippen LogP contribution in [-0.4, -0.2) is 26.6 Å². The monoisotopic (exact) mass is 303 g/mol. The second-order valence-corrected chi connectivity index (χ2v) is 6.28. The Morgan fingerprint density at radius 1 is 1.18 bits per heavy atom. The van der Waals surface area contributed by atoms with Gasteiger partial charge in [0.2, 0.25) is 0 Å². The Labute approximate surface area is 132 Å². The van der Waals surface area contributed by atoms with Gasteiger partial charge < -0.3 is 14.9 Å². The lowest BCUT2D eigenvalue weighted by atomic mass is 9.85. The highest BCUT2D eigenvalue weighted by Crippen LogP contribution is 2.26. The molecule has 0 aliphatic carbocycles. The number of hydrogen-bond acceptors (Lipinski definition) is 4. The number of amidine groups is 1. The summed E-state index contributed by atoms with van der Waals surface area (Å²) in [6.07, 6.45) is 2.12. The summed E-state index contributed by atoms with van der Waals surface area (Å²) >= 11 is 0. The van der Waals surface area contributed by atoms with E-state index in [9.17, 15) is 0 Å². The van der Waals surface area contributed by atoms with Crippen molar-refractivity contribution < 1.29 is 9.47 Å². The molecule has 1 aliphatic rings. The highest BCUT2D eigenvalue weighted by Gasteiger charge is 2.20. The Morgan fingerprint density at radius 3 is 2.59 bits per heavy atom. The molecule has 0 aromatic heterocycles. The molecule has 0 saturated heterocycles. The van der Waals surface area contributed by atoms with Crippen molar-refractivity contribution in [3.63, 3.8) is 0 Å². The van der Waals surface area contributed by atoms with Crippen LogP contribution in [0.5, 0.6) is 11.5 Å². The molecule has 0 saturated carbocycles. The van der Waals surface area contributed by atoms with Gasteiger partial charge in [0.15, 0.2) is 0 Å². The van der Waals surface area contributed by atoms with E-state index >= 15 is 0 Å². The average molecular weight is 303 g/mol. The highest BCUT2D eigenvalue weighted by atomic mass is 16.5. The zero-order valence-corrected chi connectivity index (χ0v) is 14.0. The molecule has 2 N–H and O–H groups in total. The van der Waals surface area contributed by atoms with Crippen molar-refractivity contribution in [2.75, 3.05) is 20.8 Å². The lowest BCUT2D eigenvalue weighted by Crippen LogP contribution is -2.43. The Hall–Kier alpha value is -2.01. The third kappa shape index (κ3) is 4.01. The number of nitrogens with zero attached hydrogens (tertiary/aromatic N) is 1. The fraction of sp³-hybridized carbons (Fsp3) is 0.471. The molecule has 0 amide bonds. The van der Waals surface area contributed by atoms with Crippen molar-refractivity contribution in [3.05, 3.63) is 35.4 Å². The average Bonchev–Trinajstić information content (AvgIpc) is 2.52. The van der Waals surface area contributed by atoms with Gasteiger partial charge in [0.25, 0.3) is 0 Å². The summed E-state index contributed by atoms with van der Waals surface area (Å²) in [4.78, 5) is 4.63. The quantitative estimate of drug-likeness (QED) is 0.898. The van der Waals surface area contributed by atoms with E-state index in [0.717, 1.165) is 29.4 Å². The van der Waals surface area contributed by atoms with Gasteiger partial charge in [0, 0.05) is 18.2 Å². The predicted octanol–water partition coefficient (Wildman–Crippen LogP) is 2.68. The third-order valence-corrected chi connectivity index (χ3v) is 3.68. The van der Waals surface area contributed by atoms with Gasteiger partial charge >= 0.3 is 0 Å². The van der Waals surface area contributed by atoms with Crippen molar-refractivity contribution in [3.8, 4) is 11.5 Å². The molecule has 22 heavy (non-hydrogen) atoms. The van der Waals surface area contributed by atoms with E-state index in [1.807, 2.05) is 18.2 Å². The van der Waals surface area contributed by atoms with E-state index in [0.29, 0.717) is 6.54 Å². The van der Waals surface area contributed by atoms with Crippen molar-refractivity contribution in [2.45, 2.75) is 27.3 Å². The van der Waals surface area contributed by atoms with E-state index in [1.54, 1.807) is 14.2 Å². The van der Waals surface area contributed by atoms with Gasteiger partial charge in [-0.15, -0.1) is 0 Å². The van der Waals surface area contributed by atoms with Crippen LogP contribution in [0.3, 0.4) is 0 Å². The molecule has 0 spiro atoms. The van der Waals surface area contributed by atoms with Crippen molar-refractivity contribution >= 4 is 5.84 Å². The van der Waals surface area contributed by atoms with E-state index in [2.05, 4.69) is 42.7 Å². The Morgan fingerprint density at radius 2 is 1.95 bits per heavy atom. The lowest BCUT2D eigenvalue weighted by molar-refractivity contribution is 0.391. The Balaban J connectivity index is 2.18. The molecule has 1 aromatic carbocycles. The van der Waals surface area contributed by atoms with Gasteiger partial charge in [-0.05, 0) is 29.2 Å². The number of ether oxygens (including phenoxy) is 2. The van der Waals surface area contributed by atoms with Gasteiger partial charge in [0.1, 0.15) is 17.3 Å². The van der Waals surface area contributed by atoms with Crippen LogP contribution in [0.15, 0.2) is 34.8 Å².